The number of carbonyl (C=O) groups is 1. The number of rotatable bonds is 7. The first-order chi connectivity index (χ1) is 13.9. The van der Waals surface area contributed by atoms with E-state index in [0.29, 0.717) is 28.7 Å². The van der Waals surface area contributed by atoms with E-state index >= 15 is 0 Å². The van der Waals surface area contributed by atoms with Crippen molar-refractivity contribution in [3.63, 3.8) is 0 Å². The Labute approximate surface area is 175 Å². The molecular weight excluding hydrogens is 390 g/mol. The summed E-state index contributed by atoms with van der Waals surface area (Å²) < 4.78 is 11.3. The first-order valence-electron chi connectivity index (χ1n) is 9.45. The number of carbonyl (C=O) groups excluding carboxylic acids is 1. The van der Waals surface area contributed by atoms with Gasteiger partial charge in [-0.3, -0.25) is 4.79 Å². The molecule has 0 saturated heterocycles. The minimum atomic E-state index is -0.591. The van der Waals surface area contributed by atoms with Crippen molar-refractivity contribution in [1.82, 2.24) is 15.0 Å². The molecule has 1 heterocycles. The third-order valence-corrected chi connectivity index (χ3v) is 4.92. The van der Waals surface area contributed by atoms with Crippen LogP contribution in [-0.4, -0.2) is 34.1 Å². The smallest absolute Gasteiger partial charge is 0.263 e. The number of nitrogens with zero attached hydrogens (tertiary/aromatic N) is 3. The predicted molar refractivity (Wildman–Crippen MR) is 112 cm³/mol. The Morgan fingerprint density at radius 2 is 2.00 bits per heavy atom. The van der Waals surface area contributed by atoms with Crippen LogP contribution in [0, 0.1) is 13.8 Å². The summed E-state index contributed by atoms with van der Waals surface area (Å²) in [5.41, 5.74) is 2.76. The average molecular weight is 414 g/mol. The van der Waals surface area contributed by atoms with Gasteiger partial charge in [0, 0.05) is 12.6 Å². The summed E-state index contributed by atoms with van der Waals surface area (Å²) in [4.78, 5) is 18.8. The molecule has 7 heteroatoms. The van der Waals surface area contributed by atoms with Crippen molar-refractivity contribution in [2.24, 2.45) is 0 Å². The zero-order valence-electron chi connectivity index (χ0n) is 17.0. The number of hydrogen-bond donors (Lipinski definition) is 0. The van der Waals surface area contributed by atoms with Gasteiger partial charge in [-0.25, -0.2) is 0 Å². The fourth-order valence-electron chi connectivity index (χ4n) is 2.89. The summed E-state index contributed by atoms with van der Waals surface area (Å²) in [6.07, 6.45) is -0.0444. The molecule has 1 amide bonds. The van der Waals surface area contributed by atoms with Gasteiger partial charge in [0.05, 0.1) is 11.6 Å². The molecule has 0 N–H and O–H groups in total. The number of aryl methyl sites for hydroxylation is 2. The highest BCUT2D eigenvalue weighted by Gasteiger charge is 2.24. The van der Waals surface area contributed by atoms with E-state index in [1.54, 1.807) is 13.1 Å². The van der Waals surface area contributed by atoms with Crippen LogP contribution in [0.3, 0.4) is 0 Å². The molecule has 152 valence electrons. The Morgan fingerprint density at radius 1 is 1.24 bits per heavy atom. The Morgan fingerprint density at radius 3 is 2.72 bits per heavy atom. The molecule has 0 fully saturated rings. The van der Waals surface area contributed by atoms with Crippen molar-refractivity contribution in [2.75, 3.05) is 7.05 Å². The zero-order valence-corrected chi connectivity index (χ0v) is 17.7. The lowest BCUT2D eigenvalue weighted by atomic mass is 10.1. The van der Waals surface area contributed by atoms with Crippen LogP contribution in [0.15, 0.2) is 47.0 Å². The van der Waals surface area contributed by atoms with Crippen LogP contribution in [0.2, 0.25) is 5.02 Å². The Hall–Kier alpha value is -2.86. The fraction of sp³-hybridized carbons (Fsp3) is 0.318. The number of likely N-dealkylation sites (N-methyl/N-ethyl adjacent to an activating group) is 1. The lowest BCUT2D eigenvalue weighted by molar-refractivity contribution is -0.138. The van der Waals surface area contributed by atoms with Crippen molar-refractivity contribution in [3.8, 4) is 17.1 Å². The molecule has 1 atom stereocenters. The molecule has 1 unspecified atom stereocenters. The van der Waals surface area contributed by atoms with E-state index in [9.17, 15) is 4.79 Å². The van der Waals surface area contributed by atoms with Gasteiger partial charge in [0.2, 0.25) is 11.7 Å². The molecule has 1 aromatic heterocycles. The quantitative estimate of drug-likeness (QED) is 0.555. The summed E-state index contributed by atoms with van der Waals surface area (Å²) in [5, 5.41) is 4.51. The predicted octanol–water partition coefficient (Wildman–Crippen LogP) is 4.82. The SMILES string of the molecule is CCC(Oc1cc(C)ccc1C)C(=O)N(C)Cc1nc(-c2ccccc2Cl)no1. The van der Waals surface area contributed by atoms with Crippen LogP contribution in [-0.2, 0) is 11.3 Å². The Balaban J connectivity index is 1.69. The van der Waals surface area contributed by atoms with Crippen LogP contribution < -0.4 is 4.74 Å². The van der Waals surface area contributed by atoms with Gasteiger partial charge in [-0.15, -0.1) is 0 Å². The lowest BCUT2D eigenvalue weighted by Gasteiger charge is -2.23. The summed E-state index contributed by atoms with van der Waals surface area (Å²) in [6, 6.07) is 13.2. The fourth-order valence-corrected chi connectivity index (χ4v) is 3.11. The normalized spacial score (nSPS) is 11.9. The van der Waals surface area contributed by atoms with E-state index in [0.717, 1.165) is 16.9 Å². The second-order valence-corrected chi connectivity index (χ2v) is 7.38. The largest absolute Gasteiger partial charge is 0.480 e. The molecule has 0 bridgehead atoms. The highest BCUT2D eigenvalue weighted by Crippen LogP contribution is 2.25. The molecule has 0 aliphatic carbocycles. The number of amides is 1. The minimum absolute atomic E-state index is 0.147. The topological polar surface area (TPSA) is 68.5 Å². The van der Waals surface area contributed by atoms with Crippen molar-refractivity contribution in [3.05, 3.63) is 64.5 Å². The summed E-state index contributed by atoms with van der Waals surface area (Å²) in [5.74, 6) is 1.30. The molecule has 0 aliphatic heterocycles. The van der Waals surface area contributed by atoms with Gasteiger partial charge in [-0.05, 0) is 49.6 Å². The molecule has 0 aliphatic rings. The third-order valence-electron chi connectivity index (χ3n) is 4.59. The monoisotopic (exact) mass is 413 g/mol. The lowest BCUT2D eigenvalue weighted by Crippen LogP contribution is -2.39. The maximum absolute atomic E-state index is 12.9. The van der Waals surface area contributed by atoms with Crippen molar-refractivity contribution >= 4 is 17.5 Å². The van der Waals surface area contributed by atoms with Crippen LogP contribution in [0.4, 0.5) is 0 Å². The van der Waals surface area contributed by atoms with Gasteiger partial charge in [0.15, 0.2) is 6.10 Å². The summed E-state index contributed by atoms with van der Waals surface area (Å²) in [7, 11) is 1.69. The van der Waals surface area contributed by atoms with Gasteiger partial charge < -0.3 is 14.2 Å². The van der Waals surface area contributed by atoms with Crippen LogP contribution >= 0.6 is 11.6 Å². The van der Waals surface area contributed by atoms with Crippen molar-refractivity contribution in [2.45, 2.75) is 39.8 Å². The van der Waals surface area contributed by atoms with Crippen molar-refractivity contribution in [1.29, 1.82) is 0 Å². The number of aromatic nitrogens is 2. The van der Waals surface area contributed by atoms with Crippen LogP contribution in [0.1, 0.15) is 30.4 Å². The van der Waals surface area contributed by atoms with E-state index in [1.165, 1.54) is 4.90 Å². The van der Waals surface area contributed by atoms with Gasteiger partial charge in [-0.1, -0.05) is 47.9 Å². The second kappa shape index (κ2) is 9.09. The molecule has 2 aromatic carbocycles. The van der Waals surface area contributed by atoms with E-state index < -0.39 is 6.10 Å². The molecule has 3 rings (SSSR count). The first kappa shape index (κ1) is 20.9. The zero-order chi connectivity index (χ0) is 21.0. The molecule has 3 aromatic rings. The van der Waals surface area contributed by atoms with Gasteiger partial charge in [-0.2, -0.15) is 4.98 Å². The van der Waals surface area contributed by atoms with E-state index in [4.69, 9.17) is 20.9 Å². The minimum Gasteiger partial charge on any atom is -0.480 e. The van der Waals surface area contributed by atoms with E-state index in [2.05, 4.69) is 10.1 Å². The Kier molecular flexibility index (Phi) is 6.54. The molecule has 0 saturated carbocycles. The maximum Gasteiger partial charge on any atom is 0.263 e. The first-order valence-corrected chi connectivity index (χ1v) is 9.83. The Bertz CT molecular complexity index is 1000. The van der Waals surface area contributed by atoms with Crippen molar-refractivity contribution < 1.29 is 14.1 Å². The van der Waals surface area contributed by atoms with E-state index in [1.807, 2.05) is 57.2 Å². The molecule has 0 radical (unpaired) electrons. The molecule has 6 nitrogen and oxygen atoms in total. The number of halogens is 1. The number of hydrogen-bond acceptors (Lipinski definition) is 5. The molecule has 29 heavy (non-hydrogen) atoms. The second-order valence-electron chi connectivity index (χ2n) is 6.97. The summed E-state index contributed by atoms with van der Waals surface area (Å²) >= 11 is 6.18. The highest BCUT2D eigenvalue weighted by molar-refractivity contribution is 6.33. The number of ether oxygens (including phenoxy) is 1. The third kappa shape index (κ3) is 4.95. The van der Waals surface area contributed by atoms with Crippen LogP contribution in [0.25, 0.3) is 11.4 Å². The standard InChI is InChI=1S/C22H24ClN3O3/c1-5-18(28-19-12-14(2)10-11-15(19)3)22(27)26(4)13-20-24-21(25-29-20)16-8-6-7-9-17(16)23/h6-12,18H,5,13H2,1-4H3. The molecule has 0 spiro atoms. The highest BCUT2D eigenvalue weighted by atomic mass is 35.5. The average Bonchev–Trinajstić information content (AvgIpc) is 3.16. The maximum atomic E-state index is 12.9. The summed E-state index contributed by atoms with van der Waals surface area (Å²) in [6.45, 7) is 6.06. The molecular formula is C22H24ClN3O3. The van der Waals surface area contributed by atoms with E-state index in [-0.39, 0.29) is 12.5 Å². The van der Waals surface area contributed by atoms with Gasteiger partial charge >= 0.3 is 0 Å². The number of benzene rings is 2. The van der Waals surface area contributed by atoms with Gasteiger partial charge in [0.1, 0.15) is 5.75 Å². The van der Waals surface area contributed by atoms with Gasteiger partial charge in [0.25, 0.3) is 5.91 Å². The van der Waals surface area contributed by atoms with Crippen LogP contribution in [0.5, 0.6) is 5.75 Å².